The summed E-state index contributed by atoms with van der Waals surface area (Å²) in [6, 6.07) is 16.5. The van der Waals surface area contributed by atoms with Crippen molar-refractivity contribution in [2.45, 2.75) is 12.3 Å². The van der Waals surface area contributed by atoms with Crippen LogP contribution in [0.15, 0.2) is 66.7 Å². The van der Waals surface area contributed by atoms with Gasteiger partial charge in [-0.15, -0.1) is 0 Å². The van der Waals surface area contributed by atoms with Gasteiger partial charge in [0.15, 0.2) is 0 Å². The lowest BCUT2D eigenvalue weighted by atomic mass is 10.1. The minimum absolute atomic E-state index is 0.166. The lowest BCUT2D eigenvalue weighted by Gasteiger charge is -2.23. The molecule has 0 unspecified atom stereocenters. The number of thioether (sulfide) groups is 1. The fourth-order valence-corrected chi connectivity index (χ4v) is 5.22. The number of rotatable bonds is 10. The summed E-state index contributed by atoms with van der Waals surface area (Å²) in [6.45, 7) is 0.195. The van der Waals surface area contributed by atoms with Crippen molar-refractivity contribution in [3.05, 3.63) is 100 Å². The number of carbonyl (C=O) groups excluding carboxylic acids is 1. The van der Waals surface area contributed by atoms with E-state index in [1.165, 1.54) is 60.3 Å². The van der Waals surface area contributed by atoms with E-state index < -0.39 is 15.8 Å². The maximum atomic E-state index is 14.0. The fraction of sp³-hybridized carbons (Fsp3) is 0.208. The second-order valence-electron chi connectivity index (χ2n) is 7.42. The van der Waals surface area contributed by atoms with E-state index in [0.29, 0.717) is 39.9 Å². The standard InChI is InChI=1S/C24H23ClF2N2O3S2/c1-34(31,32)29(15-18-5-2-3-7-22(18)26)19-11-9-17(10-12-19)24(30)28-13-14-33-16-20-21(25)6-4-8-23(20)27/h2-12H,13-16H2,1H3,(H,28,30). The lowest BCUT2D eigenvalue weighted by Crippen LogP contribution is -2.30. The maximum Gasteiger partial charge on any atom is 0.251 e. The molecule has 0 aliphatic carbocycles. The Morgan fingerprint density at radius 3 is 2.32 bits per heavy atom. The molecule has 0 aliphatic heterocycles. The van der Waals surface area contributed by atoms with E-state index in [-0.39, 0.29) is 23.8 Å². The van der Waals surface area contributed by atoms with Gasteiger partial charge in [0.2, 0.25) is 10.0 Å². The highest BCUT2D eigenvalue weighted by atomic mass is 35.5. The van der Waals surface area contributed by atoms with Crippen LogP contribution in [0.1, 0.15) is 21.5 Å². The van der Waals surface area contributed by atoms with Crippen LogP contribution in [0, 0.1) is 11.6 Å². The highest BCUT2D eigenvalue weighted by Crippen LogP contribution is 2.24. The highest BCUT2D eigenvalue weighted by Gasteiger charge is 2.20. The first-order chi connectivity index (χ1) is 16.2. The molecule has 34 heavy (non-hydrogen) atoms. The molecule has 0 radical (unpaired) electrons. The van der Waals surface area contributed by atoms with Gasteiger partial charge in [0.25, 0.3) is 5.91 Å². The van der Waals surface area contributed by atoms with Crippen LogP contribution >= 0.6 is 23.4 Å². The van der Waals surface area contributed by atoms with Crippen molar-refractivity contribution in [2.75, 3.05) is 22.9 Å². The largest absolute Gasteiger partial charge is 0.351 e. The van der Waals surface area contributed by atoms with Crippen molar-refractivity contribution >= 4 is 45.0 Å². The van der Waals surface area contributed by atoms with Gasteiger partial charge in [0, 0.05) is 39.8 Å². The molecule has 0 heterocycles. The lowest BCUT2D eigenvalue weighted by molar-refractivity contribution is 0.0956. The molecule has 0 aromatic heterocycles. The molecule has 5 nitrogen and oxygen atoms in total. The van der Waals surface area contributed by atoms with Gasteiger partial charge in [-0.25, -0.2) is 17.2 Å². The van der Waals surface area contributed by atoms with Gasteiger partial charge in [-0.05, 0) is 42.5 Å². The summed E-state index contributed by atoms with van der Waals surface area (Å²) in [5.41, 5.74) is 1.34. The van der Waals surface area contributed by atoms with Crippen LogP contribution in [0.25, 0.3) is 0 Å². The molecule has 0 fully saturated rings. The Balaban J connectivity index is 1.57. The Bertz CT molecular complexity index is 1240. The zero-order valence-corrected chi connectivity index (χ0v) is 20.7. The van der Waals surface area contributed by atoms with Crippen molar-refractivity contribution in [3.63, 3.8) is 0 Å². The quantitative estimate of drug-likeness (QED) is 0.368. The van der Waals surface area contributed by atoms with E-state index >= 15 is 0 Å². The Kier molecular flexibility index (Phi) is 8.93. The van der Waals surface area contributed by atoms with Crippen molar-refractivity contribution in [2.24, 2.45) is 0 Å². The molecule has 0 saturated carbocycles. The van der Waals surface area contributed by atoms with Crippen LogP contribution in [0.4, 0.5) is 14.5 Å². The number of sulfonamides is 1. The van der Waals surface area contributed by atoms with E-state index in [9.17, 15) is 22.0 Å². The summed E-state index contributed by atoms with van der Waals surface area (Å²) in [4.78, 5) is 12.4. The number of carbonyl (C=O) groups is 1. The number of benzene rings is 3. The van der Waals surface area contributed by atoms with Gasteiger partial charge >= 0.3 is 0 Å². The van der Waals surface area contributed by atoms with Crippen LogP contribution in [0.3, 0.4) is 0 Å². The maximum absolute atomic E-state index is 14.0. The van der Waals surface area contributed by atoms with Crippen molar-refractivity contribution < 1.29 is 22.0 Å². The van der Waals surface area contributed by atoms with Gasteiger partial charge in [0.05, 0.1) is 18.5 Å². The molecule has 0 aliphatic rings. The Labute approximate surface area is 207 Å². The number of nitrogens with one attached hydrogen (secondary N) is 1. The zero-order valence-electron chi connectivity index (χ0n) is 18.3. The zero-order chi connectivity index (χ0) is 24.7. The first-order valence-electron chi connectivity index (χ1n) is 10.3. The van der Waals surface area contributed by atoms with E-state index in [1.807, 2.05) is 0 Å². The van der Waals surface area contributed by atoms with Crippen LogP contribution in [0.2, 0.25) is 5.02 Å². The molecule has 1 amide bonds. The number of halogens is 3. The third kappa shape index (κ3) is 6.94. The summed E-state index contributed by atoms with van der Waals surface area (Å²) < 4.78 is 53.5. The van der Waals surface area contributed by atoms with Gasteiger partial charge in [-0.2, -0.15) is 11.8 Å². The summed E-state index contributed by atoms with van der Waals surface area (Å²) >= 11 is 7.45. The third-order valence-corrected chi connectivity index (χ3v) is 7.41. The normalized spacial score (nSPS) is 11.3. The molecule has 1 N–H and O–H groups in total. The van der Waals surface area contributed by atoms with Gasteiger partial charge in [-0.1, -0.05) is 35.9 Å². The monoisotopic (exact) mass is 524 g/mol. The van der Waals surface area contributed by atoms with Crippen molar-refractivity contribution in [1.82, 2.24) is 5.32 Å². The number of anilines is 1. The summed E-state index contributed by atoms with van der Waals surface area (Å²) in [5.74, 6) is -0.237. The third-order valence-electron chi connectivity index (χ3n) is 4.93. The van der Waals surface area contributed by atoms with Gasteiger partial charge in [0.1, 0.15) is 11.6 Å². The topological polar surface area (TPSA) is 66.5 Å². The molecule has 0 bridgehead atoms. The fourth-order valence-electron chi connectivity index (χ4n) is 3.14. The SMILES string of the molecule is CS(=O)(=O)N(Cc1ccccc1F)c1ccc(C(=O)NCCSCc2c(F)cccc2Cl)cc1. The molecule has 0 atom stereocenters. The molecule has 0 saturated heterocycles. The Morgan fingerprint density at radius 1 is 1.00 bits per heavy atom. The van der Waals surface area contributed by atoms with Crippen LogP contribution in [-0.4, -0.2) is 32.9 Å². The molecule has 10 heteroatoms. The smallest absolute Gasteiger partial charge is 0.251 e. The van der Waals surface area contributed by atoms with Crippen molar-refractivity contribution in [3.8, 4) is 0 Å². The predicted molar refractivity (Wildman–Crippen MR) is 134 cm³/mol. The average Bonchev–Trinajstić information content (AvgIpc) is 2.79. The Morgan fingerprint density at radius 2 is 1.68 bits per heavy atom. The first-order valence-corrected chi connectivity index (χ1v) is 13.6. The molecule has 3 aromatic carbocycles. The van der Waals surface area contributed by atoms with Crippen LogP contribution in [0.5, 0.6) is 0 Å². The van der Waals surface area contributed by atoms with Crippen molar-refractivity contribution in [1.29, 1.82) is 0 Å². The second-order valence-corrected chi connectivity index (χ2v) is 10.8. The Hall–Kier alpha value is -2.62. The summed E-state index contributed by atoms with van der Waals surface area (Å²) in [6.07, 6.45) is 1.04. The second kappa shape index (κ2) is 11.7. The van der Waals surface area contributed by atoms with Crippen LogP contribution in [-0.2, 0) is 22.3 Å². The predicted octanol–water partition coefficient (Wildman–Crippen LogP) is 5.25. The van der Waals surface area contributed by atoms with Crippen LogP contribution < -0.4 is 9.62 Å². The van der Waals surface area contributed by atoms with E-state index in [1.54, 1.807) is 18.2 Å². The van der Waals surface area contributed by atoms with E-state index in [4.69, 9.17) is 11.6 Å². The number of nitrogens with zero attached hydrogens (tertiary/aromatic N) is 1. The van der Waals surface area contributed by atoms with Gasteiger partial charge < -0.3 is 5.32 Å². The molecular weight excluding hydrogens is 502 g/mol. The van der Waals surface area contributed by atoms with E-state index in [2.05, 4.69) is 5.32 Å². The first kappa shape index (κ1) is 26.0. The summed E-state index contributed by atoms with van der Waals surface area (Å²) in [5, 5.41) is 3.14. The average molecular weight is 525 g/mol. The number of hydrogen-bond donors (Lipinski definition) is 1. The summed E-state index contributed by atoms with van der Waals surface area (Å²) in [7, 11) is -3.69. The molecule has 3 rings (SSSR count). The molecule has 180 valence electrons. The van der Waals surface area contributed by atoms with E-state index in [0.717, 1.165) is 10.6 Å². The highest BCUT2D eigenvalue weighted by molar-refractivity contribution is 7.98. The minimum atomic E-state index is -3.69. The molecule has 0 spiro atoms. The van der Waals surface area contributed by atoms with Gasteiger partial charge in [-0.3, -0.25) is 9.10 Å². The molecular formula is C24H23ClF2N2O3S2. The molecule has 3 aromatic rings. The number of hydrogen-bond acceptors (Lipinski definition) is 4. The minimum Gasteiger partial charge on any atom is -0.351 e. The number of amides is 1.